The molecule has 0 radical (unpaired) electrons. The topological polar surface area (TPSA) is 51.2 Å². The van der Waals surface area contributed by atoms with Crippen LogP contribution in [0.5, 0.6) is 5.75 Å². The number of hydrogen-bond acceptors (Lipinski definition) is 3. The van der Waals surface area contributed by atoms with Gasteiger partial charge in [-0.15, -0.1) is 0 Å². The molecule has 0 fully saturated rings. The fourth-order valence-electron chi connectivity index (χ4n) is 1.55. The number of amides is 1. The maximum atomic E-state index is 12.0. The van der Waals surface area contributed by atoms with E-state index in [-0.39, 0.29) is 5.91 Å². The Labute approximate surface area is 122 Å². The van der Waals surface area contributed by atoms with Crippen LogP contribution in [0.2, 0.25) is 5.02 Å². The van der Waals surface area contributed by atoms with Gasteiger partial charge in [-0.25, -0.2) is 4.98 Å². The molecule has 4 nitrogen and oxygen atoms in total. The standard InChI is InChI=1S/C15H15ClN2O2/c1-10-3-6-13(7-4-10)20-11(2)15(19)18-14-8-5-12(16)9-17-14/h3-9,11H,1-2H3,(H,17,18,19). The second-order valence-corrected chi connectivity index (χ2v) is 4.86. The van der Waals surface area contributed by atoms with Crippen molar-refractivity contribution in [2.45, 2.75) is 20.0 Å². The van der Waals surface area contributed by atoms with Gasteiger partial charge in [0.2, 0.25) is 0 Å². The van der Waals surface area contributed by atoms with Gasteiger partial charge in [0.1, 0.15) is 11.6 Å². The van der Waals surface area contributed by atoms with Crippen LogP contribution in [0, 0.1) is 6.92 Å². The second kappa shape index (κ2) is 6.39. The predicted molar refractivity (Wildman–Crippen MR) is 79.1 cm³/mol. The lowest BCUT2D eigenvalue weighted by Crippen LogP contribution is -2.30. The summed E-state index contributed by atoms with van der Waals surface area (Å²) >= 11 is 5.73. The normalized spacial score (nSPS) is 11.8. The predicted octanol–water partition coefficient (Wildman–Crippen LogP) is 3.45. The molecule has 1 aromatic heterocycles. The molecule has 1 aromatic carbocycles. The second-order valence-electron chi connectivity index (χ2n) is 4.42. The Bertz CT molecular complexity index is 582. The zero-order valence-corrected chi connectivity index (χ0v) is 12.0. The van der Waals surface area contributed by atoms with Gasteiger partial charge in [0.05, 0.1) is 5.02 Å². The molecular weight excluding hydrogens is 276 g/mol. The van der Waals surface area contributed by atoms with Gasteiger partial charge in [0.15, 0.2) is 6.10 Å². The molecule has 2 rings (SSSR count). The van der Waals surface area contributed by atoms with E-state index in [0.29, 0.717) is 16.6 Å². The molecule has 0 saturated carbocycles. The third-order valence-electron chi connectivity index (χ3n) is 2.68. The minimum atomic E-state index is -0.616. The molecule has 0 bridgehead atoms. The summed E-state index contributed by atoms with van der Waals surface area (Å²) in [6.07, 6.45) is 0.859. The lowest BCUT2D eigenvalue weighted by molar-refractivity contribution is -0.122. The van der Waals surface area contributed by atoms with E-state index in [2.05, 4.69) is 10.3 Å². The molecule has 104 valence electrons. The van der Waals surface area contributed by atoms with E-state index < -0.39 is 6.10 Å². The molecule has 1 atom stereocenters. The highest BCUT2D eigenvalue weighted by molar-refractivity contribution is 6.30. The van der Waals surface area contributed by atoms with Gasteiger partial charge in [0.25, 0.3) is 5.91 Å². The molecule has 5 heteroatoms. The van der Waals surface area contributed by atoms with Gasteiger partial charge in [-0.1, -0.05) is 29.3 Å². The maximum Gasteiger partial charge on any atom is 0.266 e. The molecule has 1 N–H and O–H groups in total. The van der Waals surface area contributed by atoms with Crippen molar-refractivity contribution in [1.82, 2.24) is 4.98 Å². The lowest BCUT2D eigenvalue weighted by atomic mass is 10.2. The van der Waals surface area contributed by atoms with E-state index in [1.165, 1.54) is 6.20 Å². The molecule has 0 aliphatic heterocycles. The van der Waals surface area contributed by atoms with Crippen molar-refractivity contribution in [2.24, 2.45) is 0 Å². The number of benzene rings is 1. The smallest absolute Gasteiger partial charge is 0.266 e. The molecule has 1 amide bonds. The zero-order chi connectivity index (χ0) is 14.5. The van der Waals surface area contributed by atoms with Crippen molar-refractivity contribution in [1.29, 1.82) is 0 Å². The van der Waals surface area contributed by atoms with Gasteiger partial charge in [-0.2, -0.15) is 0 Å². The van der Waals surface area contributed by atoms with Crippen LogP contribution in [0.25, 0.3) is 0 Å². The first kappa shape index (κ1) is 14.3. The fourth-order valence-corrected chi connectivity index (χ4v) is 1.66. The van der Waals surface area contributed by atoms with Crippen LogP contribution in [-0.2, 0) is 4.79 Å². The summed E-state index contributed by atoms with van der Waals surface area (Å²) in [5.41, 5.74) is 1.14. The first-order valence-electron chi connectivity index (χ1n) is 6.20. The first-order valence-corrected chi connectivity index (χ1v) is 6.58. The highest BCUT2D eigenvalue weighted by atomic mass is 35.5. The highest BCUT2D eigenvalue weighted by Gasteiger charge is 2.15. The third kappa shape index (κ3) is 3.96. The number of carbonyl (C=O) groups excluding carboxylic acids is 1. The van der Waals surface area contributed by atoms with Gasteiger partial charge in [0, 0.05) is 6.20 Å². The highest BCUT2D eigenvalue weighted by Crippen LogP contribution is 2.14. The monoisotopic (exact) mass is 290 g/mol. The van der Waals surface area contributed by atoms with Crippen molar-refractivity contribution in [2.75, 3.05) is 5.32 Å². The zero-order valence-electron chi connectivity index (χ0n) is 11.3. The molecule has 2 aromatic rings. The van der Waals surface area contributed by atoms with E-state index in [1.54, 1.807) is 19.1 Å². The van der Waals surface area contributed by atoms with Crippen LogP contribution in [0.3, 0.4) is 0 Å². The van der Waals surface area contributed by atoms with E-state index in [9.17, 15) is 4.79 Å². The van der Waals surface area contributed by atoms with Crippen LogP contribution in [0.1, 0.15) is 12.5 Å². The van der Waals surface area contributed by atoms with E-state index in [0.717, 1.165) is 5.56 Å². The lowest BCUT2D eigenvalue weighted by Gasteiger charge is -2.14. The number of rotatable bonds is 4. The van der Waals surface area contributed by atoms with E-state index in [1.807, 2.05) is 31.2 Å². The van der Waals surface area contributed by atoms with Crippen LogP contribution in [0.4, 0.5) is 5.82 Å². The summed E-state index contributed by atoms with van der Waals surface area (Å²) in [6, 6.07) is 10.8. The Morgan fingerprint density at radius 1 is 1.25 bits per heavy atom. The molecule has 0 aliphatic rings. The molecule has 0 aliphatic carbocycles. The summed E-state index contributed by atoms with van der Waals surface area (Å²) in [5.74, 6) is 0.835. The summed E-state index contributed by atoms with van der Waals surface area (Å²) in [6.45, 7) is 3.68. The van der Waals surface area contributed by atoms with E-state index in [4.69, 9.17) is 16.3 Å². The molecule has 1 heterocycles. The Morgan fingerprint density at radius 3 is 2.55 bits per heavy atom. The summed E-state index contributed by atoms with van der Waals surface area (Å²) in [7, 11) is 0. The van der Waals surface area contributed by atoms with Gasteiger partial charge < -0.3 is 10.1 Å². The fraction of sp³-hybridized carbons (Fsp3) is 0.200. The summed E-state index contributed by atoms with van der Waals surface area (Å²) < 4.78 is 5.56. The molecule has 0 saturated heterocycles. The van der Waals surface area contributed by atoms with Crippen LogP contribution in [0.15, 0.2) is 42.6 Å². The van der Waals surface area contributed by atoms with Gasteiger partial charge in [-0.3, -0.25) is 4.79 Å². The number of halogens is 1. The van der Waals surface area contributed by atoms with Crippen molar-refractivity contribution in [3.05, 3.63) is 53.2 Å². The van der Waals surface area contributed by atoms with Crippen molar-refractivity contribution in [3.63, 3.8) is 0 Å². The van der Waals surface area contributed by atoms with Crippen LogP contribution in [-0.4, -0.2) is 17.0 Å². The first-order chi connectivity index (χ1) is 9.54. The van der Waals surface area contributed by atoms with Crippen LogP contribution < -0.4 is 10.1 Å². The number of carbonyl (C=O) groups is 1. The average molecular weight is 291 g/mol. The van der Waals surface area contributed by atoms with Gasteiger partial charge in [-0.05, 0) is 38.1 Å². The number of pyridine rings is 1. The van der Waals surface area contributed by atoms with Crippen molar-refractivity contribution >= 4 is 23.3 Å². The summed E-state index contributed by atoms with van der Waals surface area (Å²) in [5, 5.41) is 3.19. The third-order valence-corrected chi connectivity index (χ3v) is 2.91. The van der Waals surface area contributed by atoms with E-state index >= 15 is 0 Å². The number of ether oxygens (including phenoxy) is 1. The molecule has 1 unspecified atom stereocenters. The number of anilines is 1. The van der Waals surface area contributed by atoms with Crippen molar-refractivity contribution in [3.8, 4) is 5.75 Å². The Morgan fingerprint density at radius 2 is 1.95 bits per heavy atom. The van der Waals surface area contributed by atoms with Gasteiger partial charge >= 0.3 is 0 Å². The molecule has 20 heavy (non-hydrogen) atoms. The summed E-state index contributed by atoms with van der Waals surface area (Å²) in [4.78, 5) is 16.0. The number of nitrogens with one attached hydrogen (secondary N) is 1. The Hall–Kier alpha value is -2.07. The number of aromatic nitrogens is 1. The number of aryl methyl sites for hydroxylation is 1. The van der Waals surface area contributed by atoms with Crippen molar-refractivity contribution < 1.29 is 9.53 Å². The largest absolute Gasteiger partial charge is 0.481 e. The number of nitrogens with zero attached hydrogens (tertiary/aromatic N) is 1. The average Bonchev–Trinajstić information content (AvgIpc) is 2.44. The Balaban J connectivity index is 1.94. The minimum absolute atomic E-state index is 0.264. The Kier molecular flexibility index (Phi) is 4.58. The molecule has 0 spiro atoms. The SMILES string of the molecule is Cc1ccc(OC(C)C(=O)Nc2ccc(Cl)cn2)cc1. The maximum absolute atomic E-state index is 12.0. The molecular formula is C15H15ClN2O2. The van der Waals surface area contributed by atoms with Crippen LogP contribution >= 0.6 is 11.6 Å². The quantitative estimate of drug-likeness (QED) is 0.938. The minimum Gasteiger partial charge on any atom is -0.481 e. The number of hydrogen-bond donors (Lipinski definition) is 1.